The largest absolute Gasteiger partial charge is 0.490 e. The van der Waals surface area contributed by atoms with Gasteiger partial charge in [0, 0.05) is 11.6 Å². The second kappa shape index (κ2) is 6.37. The third-order valence-corrected chi connectivity index (χ3v) is 3.98. The summed E-state index contributed by atoms with van der Waals surface area (Å²) in [4.78, 5) is 13.1. The molecule has 2 rings (SSSR count). The zero-order valence-electron chi connectivity index (χ0n) is 13.1. The molecule has 0 heterocycles. The summed E-state index contributed by atoms with van der Waals surface area (Å²) in [5.41, 5.74) is -0.358. The number of amides is 1. The van der Waals surface area contributed by atoms with Crippen molar-refractivity contribution in [3.63, 3.8) is 0 Å². The maximum absolute atomic E-state index is 11.5. The number of hydrogen-bond donors (Lipinski definition) is 1. The Morgan fingerprint density at radius 3 is 2.19 bits per heavy atom. The second-order valence-corrected chi connectivity index (χ2v) is 6.68. The lowest BCUT2D eigenvalue weighted by atomic mass is 9.89. The van der Waals surface area contributed by atoms with Gasteiger partial charge in [0.25, 0.3) is 0 Å². The summed E-state index contributed by atoms with van der Waals surface area (Å²) in [5.74, 6) is 0.895. The van der Waals surface area contributed by atoms with Gasteiger partial charge in [-0.2, -0.15) is 0 Å². The van der Waals surface area contributed by atoms with Crippen LogP contribution in [0.2, 0.25) is 0 Å². The summed E-state index contributed by atoms with van der Waals surface area (Å²) >= 11 is 0. The van der Waals surface area contributed by atoms with E-state index in [1.165, 1.54) is 0 Å². The molecule has 1 amide bonds. The molecule has 1 saturated carbocycles. The quantitative estimate of drug-likeness (QED) is 0.910. The highest BCUT2D eigenvalue weighted by molar-refractivity contribution is 5.66. The third kappa shape index (κ3) is 4.13. The Morgan fingerprint density at radius 1 is 1.14 bits per heavy atom. The van der Waals surface area contributed by atoms with Crippen molar-refractivity contribution < 1.29 is 14.6 Å². The average Bonchev–Trinajstić information content (AvgIpc) is 2.40. The van der Waals surface area contributed by atoms with Crippen molar-refractivity contribution >= 4 is 6.09 Å². The zero-order valence-corrected chi connectivity index (χ0v) is 13.1. The lowest BCUT2D eigenvalue weighted by Crippen LogP contribution is -2.52. The second-order valence-electron chi connectivity index (χ2n) is 6.68. The van der Waals surface area contributed by atoms with E-state index in [1.54, 1.807) is 4.90 Å². The molecule has 1 N–H and O–H groups in total. The molecular formula is C17H25NO3. The van der Waals surface area contributed by atoms with E-state index in [2.05, 4.69) is 0 Å². The van der Waals surface area contributed by atoms with Crippen LogP contribution in [0.3, 0.4) is 0 Å². The molecule has 1 fully saturated rings. The molecule has 1 aliphatic rings. The molecule has 116 valence electrons. The van der Waals surface area contributed by atoms with E-state index in [4.69, 9.17) is 4.74 Å². The van der Waals surface area contributed by atoms with Gasteiger partial charge in [0.1, 0.15) is 5.75 Å². The third-order valence-electron chi connectivity index (χ3n) is 3.98. The first kappa shape index (κ1) is 15.7. The fraction of sp³-hybridized carbons (Fsp3) is 0.588. The van der Waals surface area contributed by atoms with E-state index < -0.39 is 6.09 Å². The van der Waals surface area contributed by atoms with Crippen LogP contribution in [0, 0.1) is 0 Å². The van der Waals surface area contributed by atoms with Crippen LogP contribution in [0.25, 0.3) is 0 Å². The number of carboxylic acid groups (broad SMARTS) is 1. The first-order chi connectivity index (χ1) is 9.88. The van der Waals surface area contributed by atoms with Gasteiger partial charge < -0.3 is 14.7 Å². The Morgan fingerprint density at radius 2 is 1.71 bits per heavy atom. The molecule has 4 heteroatoms. The molecule has 0 unspecified atom stereocenters. The number of para-hydroxylation sites is 1. The molecule has 21 heavy (non-hydrogen) atoms. The first-order valence-electron chi connectivity index (χ1n) is 7.62. The van der Waals surface area contributed by atoms with Crippen LogP contribution >= 0.6 is 0 Å². The molecule has 0 spiro atoms. The molecular weight excluding hydrogens is 266 g/mol. The molecule has 0 radical (unpaired) electrons. The number of hydrogen-bond acceptors (Lipinski definition) is 2. The van der Waals surface area contributed by atoms with E-state index in [1.807, 2.05) is 51.1 Å². The normalized spacial score (nSPS) is 22.6. The van der Waals surface area contributed by atoms with Crippen molar-refractivity contribution in [2.75, 3.05) is 0 Å². The van der Waals surface area contributed by atoms with Crippen molar-refractivity contribution in [2.24, 2.45) is 0 Å². The summed E-state index contributed by atoms with van der Waals surface area (Å²) in [6.07, 6.45) is 2.90. The Bertz CT molecular complexity index is 459. The fourth-order valence-corrected chi connectivity index (χ4v) is 3.10. The van der Waals surface area contributed by atoms with E-state index in [-0.39, 0.29) is 17.7 Å². The predicted molar refractivity (Wildman–Crippen MR) is 82.7 cm³/mol. The number of nitrogens with zero attached hydrogens (tertiary/aromatic N) is 1. The molecule has 0 atom stereocenters. The molecule has 1 aliphatic carbocycles. The van der Waals surface area contributed by atoms with Crippen molar-refractivity contribution in [3.05, 3.63) is 30.3 Å². The molecule has 0 saturated heterocycles. The monoisotopic (exact) mass is 291 g/mol. The molecule has 0 aromatic heterocycles. The number of carbonyl (C=O) groups is 1. The highest BCUT2D eigenvalue weighted by atomic mass is 16.5. The van der Waals surface area contributed by atoms with E-state index in [9.17, 15) is 9.90 Å². The fourth-order valence-electron chi connectivity index (χ4n) is 3.10. The van der Waals surface area contributed by atoms with Crippen LogP contribution in [0.1, 0.15) is 46.5 Å². The minimum Gasteiger partial charge on any atom is -0.490 e. The molecule has 4 nitrogen and oxygen atoms in total. The Kier molecular flexibility index (Phi) is 4.76. The van der Waals surface area contributed by atoms with Gasteiger partial charge in [0.05, 0.1) is 6.10 Å². The zero-order chi connectivity index (χ0) is 15.5. The van der Waals surface area contributed by atoms with E-state index in [0.717, 1.165) is 31.4 Å². The highest BCUT2D eigenvalue weighted by Gasteiger charge is 2.35. The molecule has 0 bridgehead atoms. The summed E-state index contributed by atoms with van der Waals surface area (Å²) in [7, 11) is 0. The van der Waals surface area contributed by atoms with Crippen LogP contribution in [0.15, 0.2) is 30.3 Å². The number of rotatable bonds is 3. The van der Waals surface area contributed by atoms with Crippen LogP contribution in [0.5, 0.6) is 5.75 Å². The van der Waals surface area contributed by atoms with Gasteiger partial charge in [0.2, 0.25) is 0 Å². The highest BCUT2D eigenvalue weighted by Crippen LogP contribution is 2.30. The van der Waals surface area contributed by atoms with Gasteiger partial charge in [-0.3, -0.25) is 0 Å². The van der Waals surface area contributed by atoms with Crippen LogP contribution in [-0.2, 0) is 0 Å². The van der Waals surface area contributed by atoms with Crippen molar-refractivity contribution in [2.45, 2.75) is 64.1 Å². The summed E-state index contributed by atoms with van der Waals surface area (Å²) in [5, 5.41) is 9.46. The maximum Gasteiger partial charge on any atom is 0.407 e. The van der Waals surface area contributed by atoms with Gasteiger partial charge in [0.15, 0.2) is 0 Å². The summed E-state index contributed by atoms with van der Waals surface area (Å²) < 4.78 is 5.96. The van der Waals surface area contributed by atoms with Gasteiger partial charge in [-0.15, -0.1) is 0 Å². The summed E-state index contributed by atoms with van der Waals surface area (Å²) in [6, 6.07) is 9.92. The summed E-state index contributed by atoms with van der Waals surface area (Å²) in [6.45, 7) is 5.86. The smallest absolute Gasteiger partial charge is 0.407 e. The number of benzene rings is 1. The van der Waals surface area contributed by atoms with Crippen molar-refractivity contribution in [1.29, 1.82) is 0 Å². The Balaban J connectivity index is 1.92. The molecule has 0 aliphatic heterocycles. The molecule has 1 aromatic rings. The Labute approximate surface area is 126 Å². The lowest BCUT2D eigenvalue weighted by molar-refractivity contribution is 0.0368. The first-order valence-corrected chi connectivity index (χ1v) is 7.62. The van der Waals surface area contributed by atoms with Gasteiger partial charge >= 0.3 is 6.09 Å². The molecule has 1 aromatic carbocycles. The van der Waals surface area contributed by atoms with Gasteiger partial charge in [-0.25, -0.2) is 4.79 Å². The predicted octanol–water partition coefficient (Wildman–Crippen LogP) is 4.16. The minimum atomic E-state index is -0.824. The average molecular weight is 291 g/mol. The van der Waals surface area contributed by atoms with Crippen molar-refractivity contribution in [1.82, 2.24) is 4.90 Å². The lowest BCUT2D eigenvalue weighted by Gasteiger charge is -2.42. The van der Waals surface area contributed by atoms with Crippen molar-refractivity contribution in [3.8, 4) is 5.75 Å². The van der Waals surface area contributed by atoms with E-state index in [0.29, 0.717) is 0 Å². The van der Waals surface area contributed by atoms with Crippen LogP contribution in [0.4, 0.5) is 4.79 Å². The minimum absolute atomic E-state index is 0.0955. The standard InChI is InChI=1S/C17H25NO3/c1-17(2,3)18(16(19)20)13-9-11-15(12-10-13)21-14-7-5-4-6-8-14/h4-8,13,15H,9-12H2,1-3H3,(H,19,20)/t13-,15+. The van der Waals surface area contributed by atoms with Gasteiger partial charge in [-0.1, -0.05) is 18.2 Å². The van der Waals surface area contributed by atoms with Crippen LogP contribution < -0.4 is 4.74 Å². The van der Waals surface area contributed by atoms with Gasteiger partial charge in [-0.05, 0) is 58.6 Å². The topological polar surface area (TPSA) is 49.8 Å². The van der Waals surface area contributed by atoms with E-state index >= 15 is 0 Å². The Hall–Kier alpha value is -1.71. The van der Waals surface area contributed by atoms with Crippen LogP contribution in [-0.4, -0.2) is 33.8 Å². The maximum atomic E-state index is 11.5. The SMILES string of the molecule is CC(C)(C)N(C(=O)O)[C@H]1CC[C@@H](Oc2ccccc2)CC1. The number of ether oxygens (including phenoxy) is 1.